The van der Waals surface area contributed by atoms with Gasteiger partial charge in [-0.15, -0.1) is 0 Å². The van der Waals surface area contributed by atoms with Crippen LogP contribution in [0.25, 0.3) is 0 Å². The summed E-state index contributed by atoms with van der Waals surface area (Å²) in [7, 11) is 2.04. The molecule has 84 valence electrons. The van der Waals surface area contributed by atoms with Crippen LogP contribution in [-0.2, 0) is 9.47 Å². The van der Waals surface area contributed by atoms with Gasteiger partial charge in [-0.2, -0.15) is 0 Å². The van der Waals surface area contributed by atoms with Gasteiger partial charge in [-0.1, -0.05) is 13.8 Å². The highest BCUT2D eigenvalue weighted by molar-refractivity contribution is 5.59. The monoisotopic (exact) mass is 203 g/mol. The normalized spacial score (nSPS) is 10.3. The van der Waals surface area contributed by atoms with Gasteiger partial charge in [0.1, 0.15) is 0 Å². The Bertz CT molecular complexity index is 150. The summed E-state index contributed by atoms with van der Waals surface area (Å²) in [5, 5.41) is 0. The van der Waals surface area contributed by atoms with Crippen molar-refractivity contribution >= 4 is 6.16 Å². The predicted molar refractivity (Wildman–Crippen MR) is 55.4 cm³/mol. The zero-order valence-electron chi connectivity index (χ0n) is 9.41. The van der Waals surface area contributed by atoms with Crippen molar-refractivity contribution in [1.82, 2.24) is 4.90 Å². The molecule has 0 aliphatic rings. The molecule has 0 saturated heterocycles. The highest BCUT2D eigenvalue weighted by Gasteiger charge is 2.02. The zero-order valence-corrected chi connectivity index (χ0v) is 9.41. The van der Waals surface area contributed by atoms with Crippen LogP contribution in [0.3, 0.4) is 0 Å². The van der Waals surface area contributed by atoms with Gasteiger partial charge in [-0.25, -0.2) is 4.79 Å². The van der Waals surface area contributed by atoms with Gasteiger partial charge in [-0.3, -0.25) is 0 Å². The molecule has 4 nitrogen and oxygen atoms in total. The first-order valence-corrected chi connectivity index (χ1v) is 5.18. The van der Waals surface area contributed by atoms with E-state index in [9.17, 15) is 4.79 Å². The Kier molecular flexibility index (Phi) is 8.33. The van der Waals surface area contributed by atoms with Crippen LogP contribution in [0.4, 0.5) is 4.79 Å². The van der Waals surface area contributed by atoms with E-state index in [-0.39, 0.29) is 0 Å². The first-order valence-electron chi connectivity index (χ1n) is 5.18. The van der Waals surface area contributed by atoms with E-state index in [0.29, 0.717) is 13.2 Å². The molecule has 0 unspecified atom stereocenters. The third-order valence-corrected chi connectivity index (χ3v) is 1.87. The maximum atomic E-state index is 10.9. The minimum atomic E-state index is -0.550. The maximum Gasteiger partial charge on any atom is 0.508 e. The van der Waals surface area contributed by atoms with Crippen molar-refractivity contribution in [1.29, 1.82) is 0 Å². The molecule has 0 heterocycles. The lowest BCUT2D eigenvalue weighted by atomic mass is 10.4. The summed E-state index contributed by atoms with van der Waals surface area (Å²) in [6, 6.07) is 0. The van der Waals surface area contributed by atoms with Crippen LogP contribution >= 0.6 is 0 Å². The maximum absolute atomic E-state index is 10.9. The van der Waals surface area contributed by atoms with Crippen molar-refractivity contribution in [2.75, 3.05) is 33.4 Å². The molecule has 14 heavy (non-hydrogen) atoms. The van der Waals surface area contributed by atoms with Crippen molar-refractivity contribution in [2.45, 2.75) is 26.7 Å². The van der Waals surface area contributed by atoms with Crippen LogP contribution in [-0.4, -0.2) is 44.4 Å². The SMILES string of the molecule is CCCOC(=O)OCCCN(C)CC. The lowest BCUT2D eigenvalue weighted by molar-refractivity contribution is 0.0531. The fourth-order valence-electron chi connectivity index (χ4n) is 0.875. The van der Waals surface area contributed by atoms with Gasteiger partial charge in [-0.05, 0) is 26.4 Å². The fraction of sp³-hybridized carbons (Fsp3) is 0.900. The molecule has 0 bridgehead atoms. The lowest BCUT2D eigenvalue weighted by Gasteiger charge is -2.13. The second-order valence-electron chi connectivity index (χ2n) is 3.20. The molecule has 0 aromatic carbocycles. The van der Waals surface area contributed by atoms with Gasteiger partial charge >= 0.3 is 6.16 Å². The van der Waals surface area contributed by atoms with Crippen molar-refractivity contribution in [3.05, 3.63) is 0 Å². The quantitative estimate of drug-likeness (QED) is 0.468. The number of carbonyl (C=O) groups excluding carboxylic acids is 1. The third-order valence-electron chi connectivity index (χ3n) is 1.87. The predicted octanol–water partition coefficient (Wildman–Crippen LogP) is 1.89. The van der Waals surface area contributed by atoms with E-state index in [4.69, 9.17) is 9.47 Å². The largest absolute Gasteiger partial charge is 0.508 e. The number of ether oxygens (including phenoxy) is 2. The number of hydrogen-bond acceptors (Lipinski definition) is 4. The Balaban J connectivity index is 3.22. The van der Waals surface area contributed by atoms with Crippen LogP contribution in [0.1, 0.15) is 26.7 Å². The average Bonchev–Trinajstić information content (AvgIpc) is 2.21. The van der Waals surface area contributed by atoms with E-state index in [1.165, 1.54) is 0 Å². The first-order chi connectivity index (χ1) is 6.70. The average molecular weight is 203 g/mol. The molecule has 4 heteroatoms. The lowest BCUT2D eigenvalue weighted by Crippen LogP contribution is -2.20. The Hall–Kier alpha value is -0.770. The Morgan fingerprint density at radius 1 is 1.21 bits per heavy atom. The van der Waals surface area contributed by atoms with Crippen molar-refractivity contribution in [2.24, 2.45) is 0 Å². The molecule has 0 aromatic heterocycles. The summed E-state index contributed by atoms with van der Waals surface area (Å²) in [5.74, 6) is 0. The summed E-state index contributed by atoms with van der Waals surface area (Å²) in [5.41, 5.74) is 0. The van der Waals surface area contributed by atoms with Crippen LogP contribution in [0.5, 0.6) is 0 Å². The van der Waals surface area contributed by atoms with Crippen LogP contribution in [0.15, 0.2) is 0 Å². The summed E-state index contributed by atoms with van der Waals surface area (Å²) in [4.78, 5) is 13.0. The molecule has 0 amide bonds. The van der Waals surface area contributed by atoms with E-state index >= 15 is 0 Å². The molecule has 0 aliphatic heterocycles. The van der Waals surface area contributed by atoms with Crippen LogP contribution in [0, 0.1) is 0 Å². The van der Waals surface area contributed by atoms with E-state index in [2.05, 4.69) is 11.8 Å². The summed E-state index contributed by atoms with van der Waals surface area (Å²) < 4.78 is 9.60. The minimum absolute atomic E-state index is 0.437. The summed E-state index contributed by atoms with van der Waals surface area (Å²) in [6.07, 6.45) is 1.13. The smallest absolute Gasteiger partial charge is 0.434 e. The van der Waals surface area contributed by atoms with Gasteiger partial charge in [0.2, 0.25) is 0 Å². The van der Waals surface area contributed by atoms with Gasteiger partial charge < -0.3 is 14.4 Å². The van der Waals surface area contributed by atoms with Crippen LogP contribution < -0.4 is 0 Å². The summed E-state index contributed by atoms with van der Waals surface area (Å²) in [6.45, 7) is 6.87. The third kappa shape index (κ3) is 7.86. The van der Waals surface area contributed by atoms with Crippen molar-refractivity contribution in [3.63, 3.8) is 0 Å². The number of hydrogen-bond donors (Lipinski definition) is 0. The molecule has 0 aromatic rings. The van der Waals surface area contributed by atoms with Crippen LogP contribution in [0.2, 0.25) is 0 Å². The summed E-state index contributed by atoms with van der Waals surface area (Å²) >= 11 is 0. The van der Waals surface area contributed by atoms with E-state index < -0.39 is 6.16 Å². The molecular weight excluding hydrogens is 182 g/mol. The molecule has 0 radical (unpaired) electrons. The number of carbonyl (C=O) groups is 1. The van der Waals surface area contributed by atoms with Gasteiger partial charge in [0.25, 0.3) is 0 Å². The molecule has 0 fully saturated rings. The zero-order chi connectivity index (χ0) is 10.8. The van der Waals surface area contributed by atoms with Gasteiger partial charge in [0, 0.05) is 6.54 Å². The van der Waals surface area contributed by atoms with Crippen molar-refractivity contribution < 1.29 is 14.3 Å². The topological polar surface area (TPSA) is 38.8 Å². The van der Waals surface area contributed by atoms with Gasteiger partial charge in [0.15, 0.2) is 0 Å². The second kappa shape index (κ2) is 8.81. The Morgan fingerprint density at radius 3 is 2.43 bits per heavy atom. The van der Waals surface area contributed by atoms with E-state index in [0.717, 1.165) is 25.9 Å². The molecule has 0 spiro atoms. The molecule has 0 aliphatic carbocycles. The standard InChI is InChI=1S/C10H21NO3/c1-4-8-13-10(12)14-9-6-7-11(3)5-2/h4-9H2,1-3H3. The molecule has 0 saturated carbocycles. The van der Waals surface area contributed by atoms with Gasteiger partial charge in [0.05, 0.1) is 13.2 Å². The fourth-order valence-corrected chi connectivity index (χ4v) is 0.875. The Morgan fingerprint density at radius 2 is 1.86 bits per heavy atom. The van der Waals surface area contributed by atoms with E-state index in [1.54, 1.807) is 0 Å². The van der Waals surface area contributed by atoms with E-state index in [1.807, 2.05) is 14.0 Å². The number of rotatable bonds is 7. The Labute approximate surface area is 86.2 Å². The number of nitrogens with zero attached hydrogens (tertiary/aromatic N) is 1. The second-order valence-corrected chi connectivity index (χ2v) is 3.20. The highest BCUT2D eigenvalue weighted by Crippen LogP contribution is 1.92. The molecule has 0 rings (SSSR count). The molecule has 0 atom stereocenters. The first kappa shape index (κ1) is 13.2. The minimum Gasteiger partial charge on any atom is -0.434 e. The van der Waals surface area contributed by atoms with Crippen molar-refractivity contribution in [3.8, 4) is 0 Å². The molecule has 0 N–H and O–H groups in total. The highest BCUT2D eigenvalue weighted by atomic mass is 16.7. The molecular formula is C10H21NO3.